The molecule has 3 rings (SSSR count). The van der Waals surface area contributed by atoms with Crippen LogP contribution in [0.4, 0.5) is 5.69 Å². The summed E-state index contributed by atoms with van der Waals surface area (Å²) >= 11 is 4.89. The van der Waals surface area contributed by atoms with Crippen molar-refractivity contribution in [3.63, 3.8) is 0 Å². The molecule has 0 aliphatic carbocycles. The van der Waals surface area contributed by atoms with Gasteiger partial charge in [-0.1, -0.05) is 12.1 Å². The third-order valence-corrected chi connectivity index (χ3v) is 3.50. The number of rotatable bonds is 2. The molecule has 0 bridgehead atoms. The maximum atomic E-state index is 11.6. The van der Waals surface area contributed by atoms with Gasteiger partial charge in [-0.3, -0.25) is 10.1 Å². The van der Waals surface area contributed by atoms with E-state index in [4.69, 9.17) is 17.0 Å². The first-order valence-corrected chi connectivity index (χ1v) is 6.90. The van der Waals surface area contributed by atoms with Crippen LogP contribution in [0.5, 0.6) is 0 Å². The third kappa shape index (κ3) is 2.81. The highest BCUT2D eigenvalue weighted by molar-refractivity contribution is 7.80. The van der Waals surface area contributed by atoms with Crippen molar-refractivity contribution in [3.05, 3.63) is 35.5 Å². The van der Waals surface area contributed by atoms with Crippen LogP contribution in [0.2, 0.25) is 0 Å². The maximum absolute atomic E-state index is 11.6. The van der Waals surface area contributed by atoms with Crippen LogP contribution >= 0.6 is 12.2 Å². The zero-order valence-electron chi connectivity index (χ0n) is 10.9. The Labute approximate surface area is 122 Å². The Hall–Kier alpha value is -1.92. The van der Waals surface area contributed by atoms with E-state index in [-0.39, 0.29) is 5.91 Å². The average Bonchev–Trinajstić information content (AvgIpc) is 2.79. The van der Waals surface area contributed by atoms with Crippen LogP contribution < -0.4 is 15.5 Å². The lowest BCUT2D eigenvalue weighted by Gasteiger charge is -2.28. The second kappa shape index (κ2) is 5.60. The molecular weight excluding hydrogens is 274 g/mol. The van der Waals surface area contributed by atoms with Crippen molar-refractivity contribution in [1.29, 1.82) is 0 Å². The Morgan fingerprint density at radius 2 is 1.85 bits per heavy atom. The first-order valence-electron chi connectivity index (χ1n) is 6.49. The van der Waals surface area contributed by atoms with Gasteiger partial charge in [0.25, 0.3) is 5.91 Å². The minimum Gasteiger partial charge on any atom is -0.378 e. The number of benzene rings is 1. The topological polar surface area (TPSA) is 53.6 Å². The molecule has 2 heterocycles. The summed E-state index contributed by atoms with van der Waals surface area (Å²) in [5.41, 5.74) is 2.62. The van der Waals surface area contributed by atoms with Gasteiger partial charge in [0.05, 0.1) is 13.2 Å². The highest BCUT2D eigenvalue weighted by Gasteiger charge is 2.19. The molecule has 0 spiro atoms. The van der Waals surface area contributed by atoms with Gasteiger partial charge >= 0.3 is 0 Å². The molecule has 2 N–H and O–H groups in total. The Morgan fingerprint density at radius 3 is 2.45 bits per heavy atom. The van der Waals surface area contributed by atoms with Gasteiger partial charge in [-0.25, -0.2) is 0 Å². The predicted octanol–water partition coefficient (Wildman–Crippen LogP) is 0.868. The quantitative estimate of drug-likeness (QED) is 0.625. The number of nitrogens with one attached hydrogen (secondary N) is 2. The van der Waals surface area contributed by atoms with E-state index >= 15 is 0 Å². The van der Waals surface area contributed by atoms with Crippen molar-refractivity contribution < 1.29 is 9.53 Å². The second-order valence-electron chi connectivity index (χ2n) is 4.66. The van der Waals surface area contributed by atoms with Gasteiger partial charge in [-0.05, 0) is 36.0 Å². The van der Waals surface area contributed by atoms with Gasteiger partial charge in [0.15, 0.2) is 5.11 Å². The molecule has 0 aromatic heterocycles. The van der Waals surface area contributed by atoms with Crippen LogP contribution in [0.15, 0.2) is 30.0 Å². The molecule has 0 saturated carbocycles. The van der Waals surface area contributed by atoms with Crippen LogP contribution in [0.3, 0.4) is 0 Å². The minimum atomic E-state index is -0.188. The molecule has 0 unspecified atom stereocenters. The van der Waals surface area contributed by atoms with E-state index in [0.29, 0.717) is 10.8 Å². The monoisotopic (exact) mass is 289 g/mol. The number of hydrogen-bond acceptors (Lipinski definition) is 4. The maximum Gasteiger partial charge on any atom is 0.273 e. The van der Waals surface area contributed by atoms with E-state index < -0.39 is 0 Å². The molecule has 2 aliphatic rings. The Balaban J connectivity index is 1.74. The lowest BCUT2D eigenvalue weighted by molar-refractivity contribution is -0.115. The van der Waals surface area contributed by atoms with Gasteiger partial charge < -0.3 is 15.0 Å². The fourth-order valence-corrected chi connectivity index (χ4v) is 2.45. The summed E-state index contributed by atoms with van der Waals surface area (Å²) in [6, 6.07) is 8.11. The number of morpholine rings is 1. The van der Waals surface area contributed by atoms with E-state index in [1.807, 2.05) is 12.1 Å². The zero-order valence-corrected chi connectivity index (χ0v) is 11.7. The zero-order chi connectivity index (χ0) is 13.9. The molecule has 104 valence electrons. The number of nitrogens with zero attached hydrogens (tertiary/aromatic N) is 1. The van der Waals surface area contributed by atoms with Gasteiger partial charge in [0.2, 0.25) is 0 Å². The summed E-state index contributed by atoms with van der Waals surface area (Å²) in [5.74, 6) is -0.188. The number of thiocarbonyl (C=S) groups is 1. The Morgan fingerprint density at radius 1 is 1.15 bits per heavy atom. The van der Waals surface area contributed by atoms with E-state index in [2.05, 4.69) is 27.7 Å². The number of hydrogen-bond donors (Lipinski definition) is 2. The summed E-state index contributed by atoms with van der Waals surface area (Å²) in [5, 5.41) is 5.73. The standard InChI is InChI=1S/C14H15N3O2S/c18-13-12(15-14(20)16-13)9-10-1-3-11(4-2-10)17-5-7-19-8-6-17/h1-4,9H,5-8H2,(H2,15,16,18,20)/b12-9+. The van der Waals surface area contributed by atoms with Crippen molar-refractivity contribution in [2.75, 3.05) is 31.2 Å². The largest absolute Gasteiger partial charge is 0.378 e. The van der Waals surface area contributed by atoms with Crippen LogP contribution in [0.25, 0.3) is 6.08 Å². The molecule has 1 aromatic carbocycles. The van der Waals surface area contributed by atoms with Crippen molar-refractivity contribution in [2.24, 2.45) is 0 Å². The van der Waals surface area contributed by atoms with E-state index in [0.717, 1.165) is 31.9 Å². The number of amides is 1. The summed E-state index contributed by atoms with van der Waals surface area (Å²) in [6.07, 6.45) is 1.79. The lowest BCUT2D eigenvalue weighted by atomic mass is 10.1. The number of carbonyl (C=O) groups excluding carboxylic acids is 1. The molecule has 2 saturated heterocycles. The first-order chi connectivity index (χ1) is 9.72. The highest BCUT2D eigenvalue weighted by atomic mass is 32.1. The smallest absolute Gasteiger partial charge is 0.273 e. The summed E-state index contributed by atoms with van der Waals surface area (Å²) in [7, 11) is 0. The first kappa shape index (κ1) is 13.1. The average molecular weight is 289 g/mol. The van der Waals surface area contributed by atoms with Crippen LogP contribution in [-0.2, 0) is 9.53 Å². The van der Waals surface area contributed by atoms with E-state index in [9.17, 15) is 4.79 Å². The Kier molecular flexibility index (Phi) is 3.66. The predicted molar refractivity (Wildman–Crippen MR) is 81.3 cm³/mol. The number of ether oxygens (including phenoxy) is 1. The van der Waals surface area contributed by atoms with Crippen molar-refractivity contribution in [2.45, 2.75) is 0 Å². The van der Waals surface area contributed by atoms with Gasteiger partial charge in [0.1, 0.15) is 5.70 Å². The van der Waals surface area contributed by atoms with Gasteiger partial charge in [-0.2, -0.15) is 0 Å². The van der Waals surface area contributed by atoms with Crippen molar-refractivity contribution >= 4 is 35.0 Å². The van der Waals surface area contributed by atoms with Crippen LogP contribution in [-0.4, -0.2) is 37.3 Å². The number of anilines is 1. The lowest BCUT2D eigenvalue weighted by Crippen LogP contribution is -2.36. The minimum absolute atomic E-state index is 0.188. The molecule has 0 radical (unpaired) electrons. The Bertz CT molecular complexity index is 562. The molecule has 1 aromatic rings. The van der Waals surface area contributed by atoms with Crippen molar-refractivity contribution in [3.8, 4) is 0 Å². The normalized spacial score (nSPS) is 21.0. The number of carbonyl (C=O) groups is 1. The third-order valence-electron chi connectivity index (χ3n) is 3.30. The van der Waals surface area contributed by atoms with Crippen LogP contribution in [0.1, 0.15) is 5.56 Å². The fourth-order valence-electron chi connectivity index (χ4n) is 2.25. The molecule has 1 amide bonds. The molecule has 0 atom stereocenters. The highest BCUT2D eigenvalue weighted by Crippen LogP contribution is 2.18. The fraction of sp³-hybridized carbons (Fsp3) is 0.286. The molecule has 2 fully saturated rings. The van der Waals surface area contributed by atoms with Gasteiger partial charge in [-0.15, -0.1) is 0 Å². The molecule has 5 nitrogen and oxygen atoms in total. The molecule has 6 heteroatoms. The van der Waals surface area contributed by atoms with E-state index in [1.54, 1.807) is 6.08 Å². The second-order valence-corrected chi connectivity index (χ2v) is 5.07. The van der Waals surface area contributed by atoms with Crippen LogP contribution in [0, 0.1) is 0 Å². The summed E-state index contributed by atoms with van der Waals surface area (Å²) < 4.78 is 5.34. The molecule has 2 aliphatic heterocycles. The molecule has 20 heavy (non-hydrogen) atoms. The summed E-state index contributed by atoms with van der Waals surface area (Å²) in [4.78, 5) is 13.8. The SMILES string of the molecule is O=C1NC(=S)N/C1=C/c1ccc(N2CCOCC2)cc1. The van der Waals surface area contributed by atoms with E-state index in [1.165, 1.54) is 5.69 Å². The molecular formula is C14H15N3O2S. The van der Waals surface area contributed by atoms with Crippen molar-refractivity contribution in [1.82, 2.24) is 10.6 Å². The van der Waals surface area contributed by atoms with Gasteiger partial charge in [0, 0.05) is 18.8 Å². The summed E-state index contributed by atoms with van der Waals surface area (Å²) in [6.45, 7) is 3.37.